The number of benzene rings is 3. The van der Waals surface area contributed by atoms with E-state index in [1.54, 1.807) is 43.5 Å². The van der Waals surface area contributed by atoms with Crippen LogP contribution in [0.5, 0.6) is 33.8 Å². The number of rotatable bonds is 12. The Hall–Kier alpha value is -4.66. The number of aromatic nitrogens is 1. The van der Waals surface area contributed by atoms with Gasteiger partial charge in [0.2, 0.25) is 5.06 Å². The molecule has 4 aromatic rings. The smallest absolute Gasteiger partial charge is 0.412 e. The summed E-state index contributed by atoms with van der Waals surface area (Å²) in [5.74, 6) is 1.24. The van der Waals surface area contributed by atoms with Gasteiger partial charge in [0, 0.05) is 38.1 Å². The molecule has 0 aliphatic heterocycles. The molecule has 14 heteroatoms. The molecule has 1 aromatic heterocycles. The number of methoxy groups -OCH3 is 1. The molecule has 0 saturated heterocycles. The number of sulfone groups is 1. The molecule has 0 aliphatic carbocycles. The fraction of sp³-hybridized carbons (Fsp3) is 0.233. The quantitative estimate of drug-likeness (QED) is 0.184. The van der Waals surface area contributed by atoms with Crippen molar-refractivity contribution in [1.82, 2.24) is 10.3 Å². The van der Waals surface area contributed by atoms with Crippen molar-refractivity contribution < 1.29 is 41.7 Å². The molecule has 0 spiro atoms. The summed E-state index contributed by atoms with van der Waals surface area (Å²) in [4.78, 5) is 29.1. The topological polar surface area (TPSA) is 151 Å². The molecule has 4 rings (SSSR count). The van der Waals surface area contributed by atoms with Gasteiger partial charge in [-0.15, -0.1) is 0 Å². The standard InChI is InChI=1S/C29H29N3O9S2.CH4/c1-18(17-37-3)38-23-12-19(13-24(15-23)39-20-8-10-25(11-9-20)43(4,35)36)27(33)32-28-31-16-26(42-28)40-21-6-5-7-22(14-21)41-29(34)30-2;/h5-16,18H,17H2,1-4H3,(H,30,34)(H,31,32,33);1H4/t18-;/m0./s1. The van der Waals surface area contributed by atoms with Gasteiger partial charge in [0.05, 0.1) is 17.7 Å². The van der Waals surface area contributed by atoms with Gasteiger partial charge in [-0.1, -0.05) is 24.8 Å². The van der Waals surface area contributed by atoms with Gasteiger partial charge in [0.15, 0.2) is 15.0 Å². The predicted octanol–water partition coefficient (Wildman–Crippen LogP) is 6.15. The van der Waals surface area contributed by atoms with E-state index < -0.39 is 21.8 Å². The minimum absolute atomic E-state index is 0. The zero-order chi connectivity index (χ0) is 31.0. The largest absolute Gasteiger partial charge is 0.488 e. The lowest BCUT2D eigenvalue weighted by Gasteiger charge is -2.16. The molecular weight excluding hydrogens is 610 g/mol. The van der Waals surface area contributed by atoms with Crippen molar-refractivity contribution in [2.45, 2.75) is 25.3 Å². The van der Waals surface area contributed by atoms with Crippen LogP contribution in [0.15, 0.2) is 77.8 Å². The van der Waals surface area contributed by atoms with Crippen LogP contribution in [0.25, 0.3) is 0 Å². The summed E-state index contributed by atoms with van der Waals surface area (Å²) >= 11 is 1.09. The molecule has 234 valence electrons. The number of carbonyl (C=O) groups excluding carboxylic acids is 2. The van der Waals surface area contributed by atoms with Gasteiger partial charge in [-0.05, 0) is 55.5 Å². The molecule has 2 amide bonds. The van der Waals surface area contributed by atoms with E-state index in [9.17, 15) is 18.0 Å². The second kappa shape index (κ2) is 15.2. The zero-order valence-corrected chi connectivity index (χ0v) is 25.3. The van der Waals surface area contributed by atoms with E-state index in [2.05, 4.69) is 15.6 Å². The van der Waals surface area contributed by atoms with Crippen LogP contribution in [0.3, 0.4) is 0 Å². The fourth-order valence-electron chi connectivity index (χ4n) is 3.63. The van der Waals surface area contributed by atoms with Gasteiger partial charge in [0.1, 0.15) is 34.9 Å². The van der Waals surface area contributed by atoms with Crippen LogP contribution in [-0.4, -0.2) is 58.5 Å². The van der Waals surface area contributed by atoms with Gasteiger partial charge in [-0.3, -0.25) is 10.1 Å². The number of anilines is 1. The summed E-state index contributed by atoms with van der Waals surface area (Å²) < 4.78 is 51.5. The van der Waals surface area contributed by atoms with E-state index in [-0.39, 0.29) is 29.1 Å². The Labute approximate surface area is 259 Å². The van der Waals surface area contributed by atoms with Crippen LogP contribution in [0.1, 0.15) is 24.7 Å². The van der Waals surface area contributed by atoms with E-state index in [1.807, 2.05) is 6.92 Å². The third-order valence-corrected chi connectivity index (χ3v) is 7.43. The summed E-state index contributed by atoms with van der Waals surface area (Å²) in [6.07, 6.45) is 1.65. The van der Waals surface area contributed by atoms with E-state index in [1.165, 1.54) is 43.6 Å². The first-order valence-electron chi connectivity index (χ1n) is 12.8. The molecule has 12 nitrogen and oxygen atoms in total. The third kappa shape index (κ3) is 9.69. The summed E-state index contributed by atoms with van der Waals surface area (Å²) in [6.45, 7) is 2.14. The molecule has 0 bridgehead atoms. The first-order chi connectivity index (χ1) is 20.5. The van der Waals surface area contributed by atoms with Crippen LogP contribution in [0.4, 0.5) is 9.93 Å². The first-order valence-corrected chi connectivity index (χ1v) is 15.5. The Bertz CT molecular complexity index is 1690. The average Bonchev–Trinajstić information content (AvgIpc) is 3.39. The second-order valence-electron chi connectivity index (χ2n) is 9.08. The van der Waals surface area contributed by atoms with Crippen molar-refractivity contribution in [3.63, 3.8) is 0 Å². The minimum atomic E-state index is -3.36. The summed E-state index contributed by atoms with van der Waals surface area (Å²) in [7, 11) is -0.354. The second-order valence-corrected chi connectivity index (χ2v) is 12.1. The molecule has 0 aliphatic rings. The highest BCUT2D eigenvalue weighted by Crippen LogP contribution is 2.33. The van der Waals surface area contributed by atoms with E-state index >= 15 is 0 Å². The fourth-order valence-corrected chi connectivity index (χ4v) is 4.94. The van der Waals surface area contributed by atoms with E-state index in [0.29, 0.717) is 40.4 Å². The Morgan fingerprint density at radius 2 is 1.61 bits per heavy atom. The number of nitrogens with zero attached hydrogens (tertiary/aromatic N) is 1. The molecule has 0 saturated carbocycles. The average molecular weight is 644 g/mol. The third-order valence-electron chi connectivity index (χ3n) is 5.51. The Balaban J connectivity index is 0.00000529. The van der Waals surface area contributed by atoms with Gasteiger partial charge in [-0.2, -0.15) is 0 Å². The SMILES string of the molecule is C.CNC(=O)Oc1cccc(Oc2cnc(NC(=O)c3cc(Oc4ccc(S(C)(=O)=O)cc4)cc(O[C@@H](C)COC)c3)s2)c1. The lowest BCUT2D eigenvalue weighted by atomic mass is 10.2. The number of nitrogens with one attached hydrogen (secondary N) is 2. The lowest BCUT2D eigenvalue weighted by Crippen LogP contribution is -2.21. The number of amides is 2. The van der Waals surface area contributed by atoms with Crippen molar-refractivity contribution in [3.05, 3.63) is 78.5 Å². The molecule has 2 N–H and O–H groups in total. The maximum Gasteiger partial charge on any atom is 0.412 e. The summed E-state index contributed by atoms with van der Waals surface area (Å²) in [5.41, 5.74) is 0.224. The van der Waals surface area contributed by atoms with Gasteiger partial charge in [0.25, 0.3) is 5.91 Å². The Kier molecular flexibility index (Phi) is 11.7. The number of thiazole rings is 1. The first kappa shape index (κ1) is 33.8. The van der Waals surface area contributed by atoms with Crippen LogP contribution in [0.2, 0.25) is 0 Å². The maximum atomic E-state index is 13.2. The van der Waals surface area contributed by atoms with E-state index in [0.717, 1.165) is 17.6 Å². The summed E-state index contributed by atoms with van der Waals surface area (Å²) in [6, 6.07) is 17.1. The van der Waals surface area contributed by atoms with Crippen LogP contribution < -0.4 is 29.6 Å². The van der Waals surface area contributed by atoms with E-state index in [4.69, 9.17) is 23.7 Å². The van der Waals surface area contributed by atoms with Crippen LogP contribution in [0, 0.1) is 0 Å². The molecule has 0 radical (unpaired) electrons. The number of carbonyl (C=O) groups is 2. The number of hydrogen-bond donors (Lipinski definition) is 2. The molecule has 0 fully saturated rings. The molecule has 1 heterocycles. The van der Waals surface area contributed by atoms with Crippen molar-refractivity contribution in [2.24, 2.45) is 0 Å². The molecule has 1 atom stereocenters. The molecule has 3 aromatic carbocycles. The van der Waals surface area contributed by atoms with Crippen LogP contribution >= 0.6 is 11.3 Å². The number of ether oxygens (including phenoxy) is 5. The lowest BCUT2D eigenvalue weighted by molar-refractivity contribution is 0.0916. The van der Waals surface area contributed by atoms with Crippen LogP contribution in [-0.2, 0) is 14.6 Å². The highest BCUT2D eigenvalue weighted by Gasteiger charge is 2.16. The van der Waals surface area contributed by atoms with Gasteiger partial charge in [-0.25, -0.2) is 18.2 Å². The van der Waals surface area contributed by atoms with Crippen molar-refractivity contribution in [3.8, 4) is 33.8 Å². The monoisotopic (exact) mass is 643 g/mol. The zero-order valence-electron chi connectivity index (χ0n) is 23.7. The molecular formula is C30H33N3O9S2. The maximum absolute atomic E-state index is 13.2. The predicted molar refractivity (Wildman–Crippen MR) is 166 cm³/mol. The van der Waals surface area contributed by atoms with Crippen molar-refractivity contribution in [2.75, 3.05) is 32.3 Å². The number of hydrogen-bond acceptors (Lipinski definition) is 11. The minimum Gasteiger partial charge on any atom is -0.488 e. The van der Waals surface area contributed by atoms with Crippen molar-refractivity contribution >= 4 is 38.3 Å². The normalized spacial score (nSPS) is 11.5. The highest BCUT2D eigenvalue weighted by atomic mass is 32.2. The van der Waals surface area contributed by atoms with Crippen molar-refractivity contribution in [1.29, 1.82) is 0 Å². The summed E-state index contributed by atoms with van der Waals surface area (Å²) in [5, 5.41) is 5.77. The highest BCUT2D eigenvalue weighted by molar-refractivity contribution is 7.90. The molecule has 0 unspecified atom stereocenters. The Morgan fingerprint density at radius 1 is 0.932 bits per heavy atom. The molecule has 44 heavy (non-hydrogen) atoms. The Morgan fingerprint density at radius 3 is 2.30 bits per heavy atom. The van der Waals surface area contributed by atoms with Gasteiger partial charge >= 0.3 is 6.09 Å². The van der Waals surface area contributed by atoms with Gasteiger partial charge < -0.3 is 29.0 Å².